The highest BCUT2D eigenvalue weighted by molar-refractivity contribution is 5.91. The number of carbonyl (C=O) groups excluding carboxylic acids is 1. The second kappa shape index (κ2) is 7.92. The summed E-state index contributed by atoms with van der Waals surface area (Å²) in [4.78, 5) is 11.4. The first kappa shape index (κ1) is 16.5. The number of nitrogens with zero attached hydrogens (tertiary/aromatic N) is 1. The summed E-state index contributed by atoms with van der Waals surface area (Å²) in [6.07, 6.45) is 0. The third-order valence-corrected chi connectivity index (χ3v) is 2.94. The SMILES string of the molecule is COCC(=O)Nc1ccc(OCc2cccc(C#N)c2)c(F)c1. The summed E-state index contributed by atoms with van der Waals surface area (Å²) in [6.45, 7) is 0.0386. The fourth-order valence-electron chi connectivity index (χ4n) is 1.92. The van der Waals surface area contributed by atoms with Crippen LogP contribution in [0.1, 0.15) is 11.1 Å². The van der Waals surface area contributed by atoms with E-state index in [1.807, 2.05) is 6.07 Å². The topological polar surface area (TPSA) is 71.3 Å². The van der Waals surface area contributed by atoms with Crippen LogP contribution in [0.15, 0.2) is 42.5 Å². The normalized spacial score (nSPS) is 9.96. The van der Waals surface area contributed by atoms with E-state index in [4.69, 9.17) is 10.00 Å². The molecule has 0 aliphatic heterocycles. The fourth-order valence-corrected chi connectivity index (χ4v) is 1.92. The zero-order valence-corrected chi connectivity index (χ0v) is 12.5. The molecule has 0 atom stereocenters. The molecule has 0 bridgehead atoms. The molecule has 0 aromatic heterocycles. The number of halogens is 1. The number of ether oxygens (including phenoxy) is 2. The second-order valence-corrected chi connectivity index (χ2v) is 4.73. The minimum Gasteiger partial charge on any atom is -0.486 e. The Morgan fingerprint density at radius 2 is 2.13 bits per heavy atom. The van der Waals surface area contributed by atoms with Crippen molar-refractivity contribution in [3.8, 4) is 11.8 Å². The lowest BCUT2D eigenvalue weighted by atomic mass is 10.1. The van der Waals surface area contributed by atoms with Gasteiger partial charge < -0.3 is 14.8 Å². The van der Waals surface area contributed by atoms with Crippen molar-refractivity contribution in [3.63, 3.8) is 0 Å². The lowest BCUT2D eigenvalue weighted by Gasteiger charge is -2.10. The predicted molar refractivity (Wildman–Crippen MR) is 82.4 cm³/mol. The van der Waals surface area contributed by atoms with Crippen molar-refractivity contribution in [2.24, 2.45) is 0 Å². The predicted octanol–water partition coefficient (Wildman–Crippen LogP) is 2.86. The van der Waals surface area contributed by atoms with Crippen molar-refractivity contribution < 1.29 is 18.7 Å². The first-order valence-corrected chi connectivity index (χ1v) is 6.82. The molecule has 0 aliphatic rings. The smallest absolute Gasteiger partial charge is 0.250 e. The van der Waals surface area contributed by atoms with E-state index in [1.165, 1.54) is 25.3 Å². The van der Waals surface area contributed by atoms with E-state index in [2.05, 4.69) is 10.1 Å². The number of rotatable bonds is 6. The monoisotopic (exact) mass is 314 g/mol. The molecule has 2 aromatic rings. The van der Waals surface area contributed by atoms with Gasteiger partial charge in [-0.1, -0.05) is 12.1 Å². The molecular formula is C17H15FN2O3. The summed E-state index contributed by atoms with van der Waals surface area (Å²) in [6, 6.07) is 13.1. The number of hydrogen-bond acceptors (Lipinski definition) is 4. The Balaban J connectivity index is 2.01. The minimum atomic E-state index is -0.586. The Labute approximate surface area is 133 Å². The maximum Gasteiger partial charge on any atom is 0.250 e. The van der Waals surface area contributed by atoms with Gasteiger partial charge >= 0.3 is 0 Å². The average molecular weight is 314 g/mol. The van der Waals surface area contributed by atoms with Gasteiger partial charge in [-0.2, -0.15) is 5.26 Å². The zero-order valence-electron chi connectivity index (χ0n) is 12.5. The van der Waals surface area contributed by atoms with E-state index in [0.29, 0.717) is 11.3 Å². The van der Waals surface area contributed by atoms with Crippen molar-refractivity contribution in [1.29, 1.82) is 5.26 Å². The van der Waals surface area contributed by atoms with Crippen molar-refractivity contribution in [3.05, 3.63) is 59.4 Å². The third-order valence-electron chi connectivity index (χ3n) is 2.94. The summed E-state index contributed by atoms with van der Waals surface area (Å²) >= 11 is 0. The highest BCUT2D eigenvalue weighted by Crippen LogP contribution is 2.22. The summed E-state index contributed by atoms with van der Waals surface area (Å²) in [5.41, 5.74) is 1.60. The molecule has 118 valence electrons. The summed E-state index contributed by atoms with van der Waals surface area (Å²) in [7, 11) is 1.40. The molecule has 0 saturated carbocycles. The molecule has 1 amide bonds. The van der Waals surface area contributed by atoms with Gasteiger partial charge in [0.2, 0.25) is 5.91 Å². The van der Waals surface area contributed by atoms with E-state index < -0.39 is 5.82 Å². The summed E-state index contributed by atoms with van der Waals surface area (Å²) < 4.78 is 24.1. The Bertz CT molecular complexity index is 741. The van der Waals surface area contributed by atoms with Crippen molar-refractivity contribution >= 4 is 11.6 Å². The number of hydrogen-bond donors (Lipinski definition) is 1. The van der Waals surface area contributed by atoms with Gasteiger partial charge in [-0.3, -0.25) is 4.79 Å². The first-order chi connectivity index (χ1) is 11.1. The van der Waals surface area contributed by atoms with Crippen LogP contribution in [0.5, 0.6) is 5.75 Å². The van der Waals surface area contributed by atoms with Crippen LogP contribution in [0.3, 0.4) is 0 Å². The molecule has 0 aliphatic carbocycles. The van der Waals surface area contributed by atoms with Gasteiger partial charge in [0.25, 0.3) is 0 Å². The van der Waals surface area contributed by atoms with E-state index in [9.17, 15) is 9.18 Å². The highest BCUT2D eigenvalue weighted by atomic mass is 19.1. The molecule has 5 nitrogen and oxygen atoms in total. The number of nitrogens with one attached hydrogen (secondary N) is 1. The van der Waals surface area contributed by atoms with E-state index in [0.717, 1.165) is 5.56 Å². The molecule has 0 radical (unpaired) electrons. The number of carbonyl (C=O) groups is 1. The van der Waals surface area contributed by atoms with Gasteiger partial charge in [0, 0.05) is 18.9 Å². The van der Waals surface area contributed by atoms with Gasteiger partial charge in [-0.25, -0.2) is 4.39 Å². The number of methoxy groups -OCH3 is 1. The lowest BCUT2D eigenvalue weighted by molar-refractivity contribution is -0.119. The Hall–Kier alpha value is -2.91. The maximum atomic E-state index is 14.0. The Morgan fingerprint density at radius 3 is 2.83 bits per heavy atom. The number of nitriles is 1. The van der Waals surface area contributed by atoms with Crippen LogP contribution < -0.4 is 10.1 Å². The van der Waals surface area contributed by atoms with Crippen LogP contribution in [0.25, 0.3) is 0 Å². The molecule has 1 N–H and O–H groups in total. The largest absolute Gasteiger partial charge is 0.486 e. The standard InChI is InChI=1S/C17H15FN2O3/c1-22-11-17(21)20-14-5-6-16(15(18)8-14)23-10-13-4-2-3-12(7-13)9-19/h2-8H,10-11H2,1H3,(H,20,21). The van der Waals surface area contributed by atoms with Gasteiger partial charge in [0.15, 0.2) is 11.6 Å². The Kier molecular flexibility index (Phi) is 5.67. The summed E-state index contributed by atoms with van der Waals surface area (Å²) in [5.74, 6) is -0.886. The van der Waals surface area contributed by atoms with Crippen LogP contribution in [-0.4, -0.2) is 19.6 Å². The molecule has 0 saturated heterocycles. The van der Waals surface area contributed by atoms with Crippen LogP contribution >= 0.6 is 0 Å². The number of benzene rings is 2. The molecule has 0 fully saturated rings. The maximum absolute atomic E-state index is 14.0. The van der Waals surface area contributed by atoms with Crippen LogP contribution in [0.2, 0.25) is 0 Å². The first-order valence-electron chi connectivity index (χ1n) is 6.82. The van der Waals surface area contributed by atoms with Gasteiger partial charge in [0.05, 0.1) is 11.6 Å². The molecule has 2 aromatic carbocycles. The molecular weight excluding hydrogens is 299 g/mol. The summed E-state index contributed by atoms with van der Waals surface area (Å²) in [5, 5.41) is 11.3. The number of amides is 1. The molecule has 6 heteroatoms. The van der Waals surface area contributed by atoms with E-state index in [1.54, 1.807) is 24.3 Å². The molecule has 0 spiro atoms. The van der Waals surface area contributed by atoms with Crippen molar-refractivity contribution in [2.75, 3.05) is 19.0 Å². The van der Waals surface area contributed by atoms with Crippen molar-refractivity contribution in [2.45, 2.75) is 6.61 Å². The Morgan fingerprint density at radius 1 is 1.30 bits per heavy atom. The van der Waals surface area contributed by atoms with Gasteiger partial charge in [-0.15, -0.1) is 0 Å². The van der Waals surface area contributed by atoms with Crippen LogP contribution in [-0.2, 0) is 16.1 Å². The van der Waals surface area contributed by atoms with Gasteiger partial charge in [-0.05, 0) is 29.8 Å². The van der Waals surface area contributed by atoms with E-state index in [-0.39, 0.29) is 24.9 Å². The number of anilines is 1. The molecule has 0 heterocycles. The van der Waals surface area contributed by atoms with Crippen LogP contribution in [0, 0.1) is 17.1 Å². The second-order valence-electron chi connectivity index (χ2n) is 4.73. The minimum absolute atomic E-state index is 0.0668. The highest BCUT2D eigenvalue weighted by Gasteiger charge is 2.08. The third kappa shape index (κ3) is 4.80. The van der Waals surface area contributed by atoms with Crippen LogP contribution in [0.4, 0.5) is 10.1 Å². The lowest BCUT2D eigenvalue weighted by Crippen LogP contribution is -2.17. The molecule has 23 heavy (non-hydrogen) atoms. The quantitative estimate of drug-likeness (QED) is 0.890. The molecule has 2 rings (SSSR count). The zero-order chi connectivity index (χ0) is 16.7. The van der Waals surface area contributed by atoms with Crippen molar-refractivity contribution in [1.82, 2.24) is 0 Å². The van der Waals surface area contributed by atoms with E-state index >= 15 is 0 Å². The van der Waals surface area contributed by atoms with Gasteiger partial charge in [0.1, 0.15) is 13.2 Å². The fraction of sp³-hybridized carbons (Fsp3) is 0.176. The molecule has 0 unspecified atom stereocenters. The average Bonchev–Trinajstić information content (AvgIpc) is 2.54.